The lowest BCUT2D eigenvalue weighted by molar-refractivity contribution is -0.141. The average Bonchev–Trinajstić information content (AvgIpc) is 2.87. The number of amides is 2. The Kier molecular flexibility index (Phi) is 5.09. The molecule has 2 rings (SSSR count). The fourth-order valence-electron chi connectivity index (χ4n) is 3.37. The van der Waals surface area contributed by atoms with Gasteiger partial charge in [-0.05, 0) is 48.0 Å². The van der Waals surface area contributed by atoms with Gasteiger partial charge in [0.15, 0.2) is 5.78 Å². The Balaban J connectivity index is 2.26. The van der Waals surface area contributed by atoms with Gasteiger partial charge < -0.3 is 14.2 Å². The number of Topliss-reactive ketones (excluding diaryl/α,β-unsaturated/α-hetero) is 1. The number of rotatable bonds is 2. The minimum atomic E-state index is -1.50. The van der Waals surface area contributed by atoms with E-state index in [4.69, 9.17) is 14.2 Å². The molecule has 8 nitrogen and oxygen atoms in total. The van der Waals surface area contributed by atoms with Crippen molar-refractivity contribution in [3.05, 3.63) is 0 Å². The van der Waals surface area contributed by atoms with Crippen LogP contribution in [-0.2, 0) is 23.8 Å². The summed E-state index contributed by atoms with van der Waals surface area (Å²) >= 11 is 0. The molecule has 0 N–H and O–H groups in total. The Morgan fingerprint density at radius 2 is 1.65 bits per heavy atom. The Morgan fingerprint density at radius 1 is 1.08 bits per heavy atom. The Bertz CT molecular complexity index is 628. The number of ketones is 1. The fourth-order valence-corrected chi connectivity index (χ4v) is 3.37. The van der Waals surface area contributed by atoms with Crippen molar-refractivity contribution in [3.63, 3.8) is 0 Å². The molecule has 0 aromatic carbocycles. The third kappa shape index (κ3) is 3.99. The molecule has 8 heteroatoms. The van der Waals surface area contributed by atoms with Gasteiger partial charge in [0.25, 0.3) is 0 Å². The van der Waals surface area contributed by atoms with E-state index in [1.54, 1.807) is 41.5 Å². The zero-order valence-electron chi connectivity index (χ0n) is 16.2. The first-order chi connectivity index (χ1) is 11.8. The van der Waals surface area contributed by atoms with Crippen molar-refractivity contribution >= 4 is 23.9 Å². The molecule has 1 heterocycles. The van der Waals surface area contributed by atoms with Crippen molar-refractivity contribution in [3.8, 4) is 0 Å². The molecule has 0 bridgehead atoms. The number of fused-ring (bicyclic) bond motifs is 1. The number of hydrogen-bond donors (Lipinski definition) is 0. The number of carbonyl (C=O) groups is 4. The summed E-state index contributed by atoms with van der Waals surface area (Å²) in [5.74, 6) is -1.19. The minimum absolute atomic E-state index is 0.0443. The van der Waals surface area contributed by atoms with Crippen molar-refractivity contribution in [1.82, 2.24) is 4.90 Å². The van der Waals surface area contributed by atoms with E-state index >= 15 is 0 Å². The molecule has 2 atom stereocenters. The second-order valence-corrected chi connectivity index (χ2v) is 8.75. The fraction of sp³-hybridized carbons (Fsp3) is 0.778. The van der Waals surface area contributed by atoms with Gasteiger partial charge in [-0.25, -0.2) is 14.5 Å². The van der Waals surface area contributed by atoms with Gasteiger partial charge in [0.1, 0.15) is 23.3 Å². The first-order valence-electron chi connectivity index (χ1n) is 8.71. The van der Waals surface area contributed by atoms with Crippen LogP contribution in [0.15, 0.2) is 0 Å². The maximum Gasteiger partial charge on any atom is 0.508 e. The molecule has 0 radical (unpaired) electrons. The molecule has 1 aliphatic heterocycles. The molecular weight excluding hydrogens is 342 g/mol. The van der Waals surface area contributed by atoms with Crippen LogP contribution in [0.25, 0.3) is 0 Å². The summed E-state index contributed by atoms with van der Waals surface area (Å²) < 4.78 is 15.5. The third-order valence-electron chi connectivity index (χ3n) is 4.32. The second-order valence-electron chi connectivity index (χ2n) is 8.75. The van der Waals surface area contributed by atoms with Crippen molar-refractivity contribution in [2.75, 3.05) is 6.61 Å². The highest BCUT2D eigenvalue weighted by molar-refractivity contribution is 6.06. The van der Waals surface area contributed by atoms with Gasteiger partial charge in [-0.2, -0.15) is 0 Å². The lowest BCUT2D eigenvalue weighted by Gasteiger charge is -2.35. The molecule has 2 aliphatic rings. The largest absolute Gasteiger partial charge is 0.508 e. The van der Waals surface area contributed by atoms with Crippen LogP contribution in [-0.4, -0.2) is 52.2 Å². The minimum Gasteiger partial charge on any atom is -0.443 e. The van der Waals surface area contributed by atoms with Crippen LogP contribution in [0, 0.1) is 5.92 Å². The number of imide groups is 1. The lowest BCUT2D eigenvalue weighted by atomic mass is 9.88. The van der Waals surface area contributed by atoms with E-state index in [0.717, 1.165) is 4.90 Å². The van der Waals surface area contributed by atoms with Gasteiger partial charge in [0, 0.05) is 18.8 Å². The van der Waals surface area contributed by atoms with E-state index in [2.05, 4.69) is 0 Å². The predicted molar refractivity (Wildman–Crippen MR) is 90.3 cm³/mol. The predicted octanol–water partition coefficient (Wildman–Crippen LogP) is 2.82. The normalized spacial score (nSPS) is 25.9. The summed E-state index contributed by atoms with van der Waals surface area (Å²) in [6.07, 6.45) is -1.12. The molecule has 1 saturated heterocycles. The zero-order chi connectivity index (χ0) is 19.9. The third-order valence-corrected chi connectivity index (χ3v) is 4.32. The highest BCUT2D eigenvalue weighted by Gasteiger charge is 2.64. The monoisotopic (exact) mass is 369 g/mol. The van der Waals surface area contributed by atoms with Crippen molar-refractivity contribution in [1.29, 1.82) is 0 Å². The van der Waals surface area contributed by atoms with Crippen LogP contribution in [0.3, 0.4) is 0 Å². The number of likely N-dealkylation sites (tertiary alicyclic amines) is 1. The molecule has 26 heavy (non-hydrogen) atoms. The summed E-state index contributed by atoms with van der Waals surface area (Å²) in [6.45, 7) is 9.64. The Hall–Kier alpha value is -2.12. The molecule has 1 saturated carbocycles. The Labute approximate surface area is 153 Å². The summed E-state index contributed by atoms with van der Waals surface area (Å²) in [4.78, 5) is 50.5. The summed E-state index contributed by atoms with van der Waals surface area (Å²) in [6, 6.07) is 0. The zero-order valence-corrected chi connectivity index (χ0v) is 16.2. The van der Waals surface area contributed by atoms with Gasteiger partial charge in [-0.3, -0.25) is 9.59 Å². The highest BCUT2D eigenvalue weighted by Crippen LogP contribution is 2.46. The van der Waals surface area contributed by atoms with E-state index in [9.17, 15) is 19.2 Å². The van der Waals surface area contributed by atoms with E-state index in [0.29, 0.717) is 6.42 Å². The van der Waals surface area contributed by atoms with E-state index in [-0.39, 0.29) is 18.6 Å². The smallest absolute Gasteiger partial charge is 0.443 e. The van der Waals surface area contributed by atoms with Gasteiger partial charge in [0.2, 0.25) is 5.91 Å². The van der Waals surface area contributed by atoms with Crippen molar-refractivity contribution < 1.29 is 33.4 Å². The maximum atomic E-state index is 12.7. The summed E-state index contributed by atoms with van der Waals surface area (Å²) in [5.41, 5.74) is -3.09. The quantitative estimate of drug-likeness (QED) is 0.690. The molecule has 146 valence electrons. The molecule has 0 aromatic heterocycles. The molecule has 0 aromatic rings. The first kappa shape index (κ1) is 20.2. The molecule has 1 aliphatic carbocycles. The van der Waals surface area contributed by atoms with Gasteiger partial charge >= 0.3 is 12.2 Å². The van der Waals surface area contributed by atoms with Crippen LogP contribution in [0.1, 0.15) is 60.8 Å². The van der Waals surface area contributed by atoms with Crippen LogP contribution >= 0.6 is 0 Å². The van der Waals surface area contributed by atoms with E-state index in [1.807, 2.05) is 0 Å². The summed E-state index contributed by atoms with van der Waals surface area (Å²) in [7, 11) is 0. The number of ether oxygens (including phenoxy) is 3. The number of nitrogens with zero attached hydrogens (tertiary/aromatic N) is 1. The van der Waals surface area contributed by atoms with Gasteiger partial charge in [-0.15, -0.1) is 0 Å². The van der Waals surface area contributed by atoms with Gasteiger partial charge in [0.05, 0.1) is 0 Å². The topological polar surface area (TPSA) is 99.2 Å². The molecule has 2 amide bonds. The average molecular weight is 369 g/mol. The van der Waals surface area contributed by atoms with Crippen LogP contribution < -0.4 is 0 Å². The molecule has 0 unspecified atom stereocenters. The summed E-state index contributed by atoms with van der Waals surface area (Å²) in [5, 5.41) is 0. The standard InChI is InChI=1S/C18H27NO7/c1-16(2,3)25-14(22)19-13(21)9-11-7-8-12(20)18(11,19)10-24-15(23)26-17(4,5)6/h11H,7-10H2,1-6H3/t11-,18+/m0/s1. The van der Waals surface area contributed by atoms with Crippen LogP contribution in [0.5, 0.6) is 0 Å². The van der Waals surface area contributed by atoms with Crippen LogP contribution in [0.4, 0.5) is 9.59 Å². The van der Waals surface area contributed by atoms with E-state index < -0.39 is 47.4 Å². The number of hydrogen-bond acceptors (Lipinski definition) is 7. The number of carbonyl (C=O) groups excluding carboxylic acids is 4. The highest BCUT2D eigenvalue weighted by atomic mass is 16.7. The molecule has 0 spiro atoms. The van der Waals surface area contributed by atoms with E-state index in [1.165, 1.54) is 0 Å². The van der Waals surface area contributed by atoms with Crippen molar-refractivity contribution in [2.24, 2.45) is 5.92 Å². The van der Waals surface area contributed by atoms with Gasteiger partial charge in [-0.1, -0.05) is 0 Å². The second kappa shape index (κ2) is 6.55. The first-order valence-corrected chi connectivity index (χ1v) is 8.71. The van der Waals surface area contributed by atoms with Crippen LogP contribution in [0.2, 0.25) is 0 Å². The Morgan fingerprint density at radius 3 is 2.19 bits per heavy atom. The van der Waals surface area contributed by atoms with Crippen molar-refractivity contribution in [2.45, 2.75) is 77.5 Å². The molecule has 2 fully saturated rings. The molecular formula is C18H27NO7. The SMILES string of the molecule is CC(C)(C)OC(=O)OC[C@]12C(=O)CC[C@H]1CC(=O)N2C(=O)OC(C)(C)C. The lowest BCUT2D eigenvalue weighted by Crippen LogP contribution is -2.59. The maximum absolute atomic E-state index is 12.7.